The van der Waals surface area contributed by atoms with E-state index >= 15 is 0 Å². The van der Waals surface area contributed by atoms with Crippen molar-refractivity contribution in [2.75, 3.05) is 14.2 Å². The predicted octanol–water partition coefficient (Wildman–Crippen LogP) is 0.471. The summed E-state index contributed by atoms with van der Waals surface area (Å²) in [5.74, 6) is -5.73. The van der Waals surface area contributed by atoms with Crippen LogP contribution in [0.4, 0.5) is 0 Å². The molecule has 0 radical (unpaired) electrons. The molecule has 1 aliphatic rings. The summed E-state index contributed by atoms with van der Waals surface area (Å²) in [6, 6.07) is 0. The molecule has 0 aromatic rings. The maximum Gasteiger partial charge on any atom is 0.311 e. The van der Waals surface area contributed by atoms with Crippen molar-refractivity contribution in [2.45, 2.75) is 6.92 Å². The number of carboxylic acid groups (broad SMARTS) is 1. The molecule has 0 fully saturated rings. The van der Waals surface area contributed by atoms with Gasteiger partial charge in [0.2, 0.25) is 0 Å². The van der Waals surface area contributed by atoms with E-state index in [1.807, 2.05) is 0 Å². The summed E-state index contributed by atoms with van der Waals surface area (Å²) < 4.78 is 9.24. The van der Waals surface area contributed by atoms with Gasteiger partial charge in [-0.2, -0.15) is 0 Å². The van der Waals surface area contributed by atoms with Crippen LogP contribution in [0.2, 0.25) is 0 Å². The van der Waals surface area contributed by atoms with Crippen LogP contribution in [0.15, 0.2) is 12.2 Å². The highest BCUT2D eigenvalue weighted by Crippen LogP contribution is 2.36. The first-order valence-electron chi connectivity index (χ1n) is 5.50. The fourth-order valence-electron chi connectivity index (χ4n) is 2.25. The minimum Gasteiger partial charge on any atom is -0.481 e. The van der Waals surface area contributed by atoms with E-state index in [9.17, 15) is 14.4 Å². The molecular weight excluding hydrogens is 240 g/mol. The Morgan fingerprint density at radius 3 is 1.94 bits per heavy atom. The van der Waals surface area contributed by atoms with Crippen molar-refractivity contribution in [1.29, 1.82) is 0 Å². The van der Waals surface area contributed by atoms with Crippen molar-refractivity contribution in [1.82, 2.24) is 0 Å². The number of carbonyl (C=O) groups is 3. The second-order valence-corrected chi connectivity index (χ2v) is 4.21. The molecule has 0 bridgehead atoms. The number of methoxy groups -OCH3 is 2. The average Bonchev–Trinajstić information content (AvgIpc) is 2.36. The fraction of sp³-hybridized carbons (Fsp3) is 0.583. The molecule has 6 nitrogen and oxygen atoms in total. The van der Waals surface area contributed by atoms with Crippen molar-refractivity contribution in [3.05, 3.63) is 12.2 Å². The largest absolute Gasteiger partial charge is 0.481 e. The highest BCUT2D eigenvalue weighted by Gasteiger charge is 2.47. The predicted molar refractivity (Wildman–Crippen MR) is 60.4 cm³/mol. The Balaban J connectivity index is 3.19. The van der Waals surface area contributed by atoms with Gasteiger partial charge >= 0.3 is 17.9 Å². The van der Waals surface area contributed by atoms with E-state index in [1.165, 1.54) is 20.3 Å². The Bertz CT molecular complexity index is 386. The highest BCUT2D eigenvalue weighted by molar-refractivity contribution is 5.88. The van der Waals surface area contributed by atoms with Gasteiger partial charge in [0.25, 0.3) is 0 Å². The van der Waals surface area contributed by atoms with Gasteiger partial charge in [-0.15, -0.1) is 0 Å². The number of carboxylic acids is 1. The molecule has 18 heavy (non-hydrogen) atoms. The van der Waals surface area contributed by atoms with Crippen molar-refractivity contribution >= 4 is 17.9 Å². The van der Waals surface area contributed by atoms with E-state index in [-0.39, 0.29) is 5.92 Å². The van der Waals surface area contributed by atoms with Crippen LogP contribution in [0.25, 0.3) is 0 Å². The van der Waals surface area contributed by atoms with Crippen LogP contribution in [0.3, 0.4) is 0 Å². The Morgan fingerprint density at radius 2 is 1.50 bits per heavy atom. The molecule has 100 valence electrons. The average molecular weight is 256 g/mol. The van der Waals surface area contributed by atoms with E-state index in [1.54, 1.807) is 13.0 Å². The lowest BCUT2D eigenvalue weighted by Crippen LogP contribution is -2.44. The highest BCUT2D eigenvalue weighted by atomic mass is 16.5. The zero-order chi connectivity index (χ0) is 13.9. The van der Waals surface area contributed by atoms with E-state index in [2.05, 4.69) is 9.47 Å². The van der Waals surface area contributed by atoms with E-state index in [0.717, 1.165) is 0 Å². The second kappa shape index (κ2) is 5.66. The molecule has 0 saturated heterocycles. The molecule has 0 saturated carbocycles. The fourth-order valence-corrected chi connectivity index (χ4v) is 2.25. The first-order valence-corrected chi connectivity index (χ1v) is 5.50. The normalized spacial score (nSPS) is 30.6. The smallest absolute Gasteiger partial charge is 0.311 e. The molecule has 6 heteroatoms. The summed E-state index contributed by atoms with van der Waals surface area (Å²) in [6.07, 6.45) is 3.04. The van der Waals surface area contributed by atoms with Crippen LogP contribution >= 0.6 is 0 Å². The number of hydrogen-bond donors (Lipinski definition) is 1. The van der Waals surface area contributed by atoms with Crippen LogP contribution in [0, 0.1) is 23.7 Å². The quantitative estimate of drug-likeness (QED) is 0.583. The zero-order valence-electron chi connectivity index (χ0n) is 10.5. The molecule has 0 heterocycles. The molecule has 4 atom stereocenters. The summed E-state index contributed by atoms with van der Waals surface area (Å²) >= 11 is 0. The van der Waals surface area contributed by atoms with E-state index < -0.39 is 35.7 Å². The molecule has 0 amide bonds. The number of allylic oxidation sites excluding steroid dienone is 1. The van der Waals surface area contributed by atoms with Crippen molar-refractivity contribution < 1.29 is 29.0 Å². The van der Waals surface area contributed by atoms with Gasteiger partial charge in [-0.1, -0.05) is 19.1 Å². The third-order valence-corrected chi connectivity index (χ3v) is 3.19. The summed E-state index contributed by atoms with van der Waals surface area (Å²) in [7, 11) is 2.37. The SMILES string of the molecule is COC(=O)C1C(C)C=CC(C(=O)O)C1C(=O)OC. The molecule has 1 rings (SSSR count). The van der Waals surface area contributed by atoms with Crippen LogP contribution in [0.1, 0.15) is 6.92 Å². The van der Waals surface area contributed by atoms with E-state index in [4.69, 9.17) is 5.11 Å². The Labute approximate surface area is 105 Å². The van der Waals surface area contributed by atoms with Crippen LogP contribution in [-0.4, -0.2) is 37.2 Å². The summed E-state index contributed by atoms with van der Waals surface area (Å²) in [5.41, 5.74) is 0. The molecule has 0 aromatic carbocycles. The molecule has 0 spiro atoms. The number of esters is 2. The van der Waals surface area contributed by atoms with Crippen LogP contribution in [-0.2, 0) is 23.9 Å². The van der Waals surface area contributed by atoms with Gasteiger partial charge in [0, 0.05) is 0 Å². The maximum absolute atomic E-state index is 11.7. The van der Waals surface area contributed by atoms with Gasteiger partial charge in [0.15, 0.2) is 0 Å². The van der Waals surface area contributed by atoms with Gasteiger partial charge in [0.1, 0.15) is 0 Å². The lowest BCUT2D eigenvalue weighted by atomic mass is 9.71. The van der Waals surface area contributed by atoms with Gasteiger partial charge in [-0.05, 0) is 5.92 Å². The molecule has 1 N–H and O–H groups in total. The zero-order valence-corrected chi connectivity index (χ0v) is 10.5. The molecule has 0 aliphatic heterocycles. The number of rotatable bonds is 3. The minimum atomic E-state index is -1.16. The molecular formula is C12H16O6. The van der Waals surface area contributed by atoms with Gasteiger partial charge in [-0.25, -0.2) is 0 Å². The standard InChI is InChI=1S/C12H16O6/c1-6-4-5-7(10(13)14)9(12(16)18-3)8(6)11(15)17-2/h4-9H,1-3H3,(H,13,14). The maximum atomic E-state index is 11.7. The molecule has 0 aromatic heterocycles. The third-order valence-electron chi connectivity index (χ3n) is 3.19. The second-order valence-electron chi connectivity index (χ2n) is 4.21. The summed E-state index contributed by atoms with van der Waals surface area (Å²) in [4.78, 5) is 34.6. The summed E-state index contributed by atoms with van der Waals surface area (Å²) in [6.45, 7) is 1.73. The van der Waals surface area contributed by atoms with Crippen LogP contribution in [0.5, 0.6) is 0 Å². The summed E-state index contributed by atoms with van der Waals surface area (Å²) in [5, 5.41) is 9.10. The lowest BCUT2D eigenvalue weighted by Gasteiger charge is -2.32. The Morgan fingerprint density at radius 1 is 1.00 bits per heavy atom. The Kier molecular flexibility index (Phi) is 4.47. The monoisotopic (exact) mass is 256 g/mol. The van der Waals surface area contributed by atoms with Gasteiger partial charge < -0.3 is 14.6 Å². The lowest BCUT2D eigenvalue weighted by molar-refractivity contribution is -0.165. The Hall–Kier alpha value is -1.85. The van der Waals surface area contributed by atoms with Crippen LogP contribution < -0.4 is 0 Å². The number of hydrogen-bond acceptors (Lipinski definition) is 5. The van der Waals surface area contributed by atoms with Gasteiger partial charge in [0.05, 0.1) is 32.0 Å². The number of aliphatic carboxylic acids is 1. The minimum absolute atomic E-state index is 0.280. The number of ether oxygens (including phenoxy) is 2. The topological polar surface area (TPSA) is 89.9 Å². The van der Waals surface area contributed by atoms with Crippen molar-refractivity contribution in [2.24, 2.45) is 23.7 Å². The third kappa shape index (κ3) is 2.52. The van der Waals surface area contributed by atoms with E-state index in [0.29, 0.717) is 0 Å². The van der Waals surface area contributed by atoms with Crippen molar-refractivity contribution in [3.63, 3.8) is 0 Å². The van der Waals surface area contributed by atoms with Gasteiger partial charge in [-0.3, -0.25) is 14.4 Å². The molecule has 4 unspecified atom stereocenters. The first-order chi connectivity index (χ1) is 8.43. The molecule has 1 aliphatic carbocycles. The number of carbonyl (C=O) groups excluding carboxylic acids is 2. The first kappa shape index (κ1) is 14.2. The van der Waals surface area contributed by atoms with Crippen molar-refractivity contribution in [3.8, 4) is 0 Å².